The van der Waals surface area contributed by atoms with Gasteiger partial charge in [-0.05, 0) is 133 Å². The number of amides is 2. The largest absolute Gasteiger partial charge is 0.495 e. The maximum atomic E-state index is 13.4. The van der Waals surface area contributed by atoms with Gasteiger partial charge < -0.3 is 30.3 Å². The Hall–Kier alpha value is -7.12. The van der Waals surface area contributed by atoms with Crippen LogP contribution in [0.5, 0.6) is 11.5 Å². The molecule has 8 rings (SSSR count). The first kappa shape index (κ1) is 46.9. The van der Waals surface area contributed by atoms with Crippen molar-refractivity contribution in [2.45, 2.75) is 22.6 Å². The number of ether oxygens (including phenoxy) is 2. The first-order chi connectivity index (χ1) is 31.4. The Labute approximate surface area is 389 Å². The van der Waals surface area contributed by atoms with Gasteiger partial charge in [-0.25, -0.2) is 26.4 Å². The van der Waals surface area contributed by atoms with E-state index >= 15 is 0 Å². The maximum Gasteiger partial charge on any atom is 0.335 e. The number of nitrogens with one attached hydrogen (secondary N) is 2. The van der Waals surface area contributed by atoms with Crippen molar-refractivity contribution in [1.29, 1.82) is 0 Å². The van der Waals surface area contributed by atoms with Crippen LogP contribution in [0.3, 0.4) is 0 Å². The highest BCUT2D eigenvalue weighted by Gasteiger charge is 2.35. The van der Waals surface area contributed by atoms with Crippen LogP contribution in [-0.2, 0) is 32.9 Å². The molecule has 0 aliphatic carbocycles. The van der Waals surface area contributed by atoms with Gasteiger partial charge in [0.15, 0.2) is 0 Å². The zero-order chi connectivity index (χ0) is 47.5. The second kappa shape index (κ2) is 19.2. The quantitative estimate of drug-likeness (QED) is 0.0913. The summed E-state index contributed by atoms with van der Waals surface area (Å²) in [6, 6.07) is 30.0. The minimum Gasteiger partial charge on any atom is -0.495 e. The number of methoxy groups -OCH3 is 2. The molecule has 0 radical (unpaired) electrons. The molecule has 0 atom stereocenters. The van der Waals surface area contributed by atoms with E-state index in [1.165, 1.54) is 108 Å². The van der Waals surface area contributed by atoms with Crippen molar-refractivity contribution < 1.29 is 55.7 Å². The molecule has 340 valence electrons. The van der Waals surface area contributed by atoms with Gasteiger partial charge in [0, 0.05) is 45.6 Å². The molecule has 0 aromatic heterocycles. The molecular formula is C46H38Cl2N4O12S2. The average molecular weight is 974 g/mol. The monoisotopic (exact) mass is 972 g/mol. The van der Waals surface area contributed by atoms with E-state index < -0.39 is 43.8 Å². The van der Waals surface area contributed by atoms with Gasteiger partial charge in [-0.15, -0.1) is 0 Å². The van der Waals surface area contributed by atoms with Crippen LogP contribution in [0, 0.1) is 0 Å². The summed E-state index contributed by atoms with van der Waals surface area (Å²) >= 11 is 12.1. The molecule has 2 aliphatic heterocycles. The molecule has 20 heteroatoms. The molecular weight excluding hydrogens is 936 g/mol. The number of nitrogens with zero attached hydrogens (tertiary/aromatic N) is 2. The van der Waals surface area contributed by atoms with Crippen LogP contribution < -0.4 is 28.7 Å². The highest BCUT2D eigenvalue weighted by molar-refractivity contribution is 7.93. The second-order valence-corrected chi connectivity index (χ2v) is 19.1. The SMILES string of the molecule is COc1ccc(Cl)cc1S(=O)(=O)N1CCc2ccc(C(=O)Nc3ccc(C(=O)O)cc3)cc21.COc1ccc(Cl)cc1S(=O)(=O)N1CCc2ccc(C(=O)Nc3ccc(C(=O)O)cc3)cc21. The van der Waals surface area contributed by atoms with Gasteiger partial charge >= 0.3 is 11.9 Å². The van der Waals surface area contributed by atoms with E-state index in [4.69, 9.17) is 42.9 Å². The van der Waals surface area contributed by atoms with Crippen molar-refractivity contribution in [2.24, 2.45) is 0 Å². The van der Waals surface area contributed by atoms with Gasteiger partial charge in [0.2, 0.25) is 0 Å². The highest BCUT2D eigenvalue weighted by atomic mass is 35.5. The molecule has 0 bridgehead atoms. The molecule has 6 aromatic rings. The summed E-state index contributed by atoms with van der Waals surface area (Å²) in [6.45, 7) is 0.435. The summed E-state index contributed by atoms with van der Waals surface area (Å²) in [5.74, 6) is -2.69. The molecule has 2 amide bonds. The number of carbonyl (C=O) groups is 4. The topological polar surface area (TPSA) is 226 Å². The molecule has 16 nitrogen and oxygen atoms in total. The van der Waals surface area contributed by atoms with Crippen LogP contribution in [0.15, 0.2) is 131 Å². The summed E-state index contributed by atoms with van der Waals surface area (Å²) in [6.07, 6.45) is 0.992. The Kier molecular flexibility index (Phi) is 13.6. The predicted octanol–water partition coefficient (Wildman–Crippen LogP) is 8.10. The Morgan fingerprint density at radius 3 is 1.20 bits per heavy atom. The van der Waals surface area contributed by atoms with Crippen molar-refractivity contribution in [3.8, 4) is 11.5 Å². The number of rotatable bonds is 12. The third-order valence-corrected chi connectivity index (χ3v) is 14.7. The number of hydrogen-bond acceptors (Lipinski definition) is 10. The number of benzene rings is 6. The Morgan fingerprint density at radius 2 is 0.864 bits per heavy atom. The van der Waals surface area contributed by atoms with Crippen LogP contribution in [0.1, 0.15) is 52.6 Å². The molecule has 4 N–H and O–H groups in total. The molecule has 0 saturated carbocycles. The summed E-state index contributed by atoms with van der Waals surface area (Å²) in [7, 11) is -5.23. The van der Waals surface area contributed by atoms with E-state index in [0.29, 0.717) is 35.6 Å². The number of carbonyl (C=O) groups excluding carboxylic acids is 2. The molecule has 2 aliphatic rings. The second-order valence-electron chi connectivity index (χ2n) is 14.6. The number of hydrogen-bond donors (Lipinski definition) is 4. The molecule has 6 aromatic carbocycles. The lowest BCUT2D eigenvalue weighted by Gasteiger charge is -2.21. The fourth-order valence-electron chi connectivity index (χ4n) is 7.22. The van der Waals surface area contributed by atoms with Crippen molar-refractivity contribution in [2.75, 3.05) is 46.6 Å². The molecule has 2 heterocycles. The zero-order valence-corrected chi connectivity index (χ0v) is 38.0. The molecule has 0 fully saturated rings. The molecule has 0 spiro atoms. The summed E-state index contributed by atoms with van der Waals surface area (Å²) in [5.41, 5.74) is 3.95. The number of carboxylic acids is 2. The van der Waals surface area contributed by atoms with Crippen LogP contribution in [0.2, 0.25) is 10.0 Å². The predicted molar refractivity (Wildman–Crippen MR) is 248 cm³/mol. The summed E-state index contributed by atoms with van der Waals surface area (Å²) in [4.78, 5) is 47.4. The molecule has 66 heavy (non-hydrogen) atoms. The van der Waals surface area contributed by atoms with Crippen LogP contribution in [0.4, 0.5) is 22.7 Å². The number of anilines is 4. The van der Waals surface area contributed by atoms with Gasteiger partial charge in [-0.1, -0.05) is 35.3 Å². The van der Waals surface area contributed by atoms with Gasteiger partial charge in [0.25, 0.3) is 31.9 Å². The minimum atomic E-state index is -4.00. The van der Waals surface area contributed by atoms with Crippen LogP contribution in [0.25, 0.3) is 0 Å². The zero-order valence-electron chi connectivity index (χ0n) is 34.8. The van der Waals surface area contributed by atoms with E-state index in [-0.39, 0.29) is 66.7 Å². The Morgan fingerprint density at radius 1 is 0.515 bits per heavy atom. The summed E-state index contributed by atoms with van der Waals surface area (Å²) in [5, 5.41) is 23.9. The lowest BCUT2D eigenvalue weighted by atomic mass is 10.1. The summed E-state index contributed by atoms with van der Waals surface area (Å²) < 4.78 is 66.6. The lowest BCUT2D eigenvalue weighted by molar-refractivity contribution is 0.0686. The van der Waals surface area contributed by atoms with Crippen molar-refractivity contribution in [3.05, 3.63) is 165 Å². The van der Waals surface area contributed by atoms with Crippen LogP contribution in [-0.4, -0.2) is 78.1 Å². The lowest BCUT2D eigenvalue weighted by Crippen LogP contribution is -2.29. The normalized spacial score (nSPS) is 12.8. The molecule has 0 saturated heterocycles. The van der Waals surface area contributed by atoms with Gasteiger partial charge in [-0.3, -0.25) is 18.2 Å². The van der Waals surface area contributed by atoms with Crippen molar-refractivity contribution in [1.82, 2.24) is 0 Å². The first-order valence-electron chi connectivity index (χ1n) is 19.7. The maximum absolute atomic E-state index is 13.4. The Bertz CT molecular complexity index is 2920. The highest BCUT2D eigenvalue weighted by Crippen LogP contribution is 2.39. The average Bonchev–Trinajstić information content (AvgIpc) is 3.95. The number of halogens is 2. The van der Waals surface area contributed by atoms with E-state index in [9.17, 15) is 36.0 Å². The number of aromatic carboxylic acids is 2. The van der Waals surface area contributed by atoms with E-state index in [0.717, 1.165) is 11.1 Å². The van der Waals surface area contributed by atoms with Crippen molar-refractivity contribution >= 4 is 89.8 Å². The fraction of sp³-hybridized carbons (Fsp3) is 0.130. The van der Waals surface area contributed by atoms with E-state index in [1.807, 2.05) is 0 Å². The third-order valence-electron chi connectivity index (χ3n) is 10.6. The van der Waals surface area contributed by atoms with Gasteiger partial charge in [-0.2, -0.15) is 0 Å². The van der Waals surface area contributed by atoms with Gasteiger partial charge in [0.05, 0.1) is 36.7 Å². The number of sulfonamides is 2. The molecule has 0 unspecified atom stereocenters. The number of fused-ring (bicyclic) bond motifs is 2. The Balaban J connectivity index is 0.000000196. The van der Waals surface area contributed by atoms with Crippen LogP contribution >= 0.6 is 23.2 Å². The number of carboxylic acid groups (broad SMARTS) is 2. The van der Waals surface area contributed by atoms with Gasteiger partial charge in [0.1, 0.15) is 21.3 Å². The minimum absolute atomic E-state index is 0.0567. The standard InChI is InChI=1S/2C23H19ClN2O6S/c2*1-32-20-9-6-17(24)13-21(20)33(30,31)26-11-10-14-2-3-16(12-19(14)26)22(27)25-18-7-4-15(5-8-18)23(28)29/h2*2-9,12-13H,10-11H2,1H3,(H,25,27)(H,28,29). The van der Waals surface area contributed by atoms with Crippen molar-refractivity contribution in [3.63, 3.8) is 0 Å². The van der Waals surface area contributed by atoms with E-state index in [1.54, 1.807) is 36.4 Å². The smallest absolute Gasteiger partial charge is 0.335 e. The van der Waals surface area contributed by atoms with E-state index in [2.05, 4.69) is 10.6 Å². The first-order valence-corrected chi connectivity index (χ1v) is 23.3. The fourth-order valence-corrected chi connectivity index (χ4v) is 11.1. The third kappa shape index (κ3) is 9.76.